The first-order valence-corrected chi connectivity index (χ1v) is 7.98. The Hall–Kier alpha value is -2.64. The molecule has 5 nitrogen and oxygen atoms in total. The second kappa shape index (κ2) is 7.08. The van der Waals surface area contributed by atoms with Crippen LogP contribution in [0.15, 0.2) is 53.5 Å². The molecule has 0 radical (unpaired) electrons. The van der Waals surface area contributed by atoms with Gasteiger partial charge in [0.05, 0.1) is 11.4 Å². The van der Waals surface area contributed by atoms with Gasteiger partial charge in [0.1, 0.15) is 5.82 Å². The van der Waals surface area contributed by atoms with Crippen LogP contribution in [0, 0.1) is 11.7 Å². The van der Waals surface area contributed by atoms with E-state index >= 15 is 0 Å². The Morgan fingerprint density at radius 3 is 2.40 bits per heavy atom. The molecule has 2 aromatic rings. The number of benzene rings is 2. The second-order valence-electron chi connectivity index (χ2n) is 5.18. The van der Waals surface area contributed by atoms with Crippen molar-refractivity contribution >= 4 is 58.3 Å². The second-order valence-corrected chi connectivity index (χ2v) is 6.00. The van der Waals surface area contributed by atoms with Gasteiger partial charge in [-0.25, -0.2) is 4.39 Å². The smallest absolute Gasteiger partial charge is 0.251 e. The molecule has 126 valence electrons. The molecule has 25 heavy (non-hydrogen) atoms. The highest BCUT2D eigenvalue weighted by Gasteiger charge is 2.38. The van der Waals surface area contributed by atoms with E-state index in [2.05, 4.69) is 10.3 Å². The molecule has 3 rings (SSSR count). The molecule has 0 aromatic heterocycles. The third kappa shape index (κ3) is 3.72. The summed E-state index contributed by atoms with van der Waals surface area (Å²) < 4.78 is 12.9. The standard InChI is InChI=1S/C17H11ClFN3O2S/c18-10-1-7-13(8-2-10)22-16(24)14(15(23)21-17(22)25)9-20-12-5-3-11(19)4-6-12/h1-9,14H,(H,21,23,25)/t14-/m1/s1. The molecule has 0 unspecified atom stereocenters. The summed E-state index contributed by atoms with van der Waals surface area (Å²) in [6.45, 7) is 0. The van der Waals surface area contributed by atoms with Crippen molar-refractivity contribution in [2.45, 2.75) is 0 Å². The van der Waals surface area contributed by atoms with Crippen LogP contribution in [0.5, 0.6) is 0 Å². The van der Waals surface area contributed by atoms with Crippen LogP contribution in [0.2, 0.25) is 5.02 Å². The molecule has 8 heteroatoms. The maximum atomic E-state index is 12.9. The van der Waals surface area contributed by atoms with Crippen molar-refractivity contribution in [2.75, 3.05) is 4.90 Å². The van der Waals surface area contributed by atoms with Gasteiger partial charge in [0.2, 0.25) is 5.91 Å². The molecular weight excluding hydrogens is 365 g/mol. The molecule has 0 aliphatic carbocycles. The summed E-state index contributed by atoms with van der Waals surface area (Å²) in [4.78, 5) is 30.1. The fraction of sp³-hybridized carbons (Fsp3) is 0.0588. The van der Waals surface area contributed by atoms with Gasteiger partial charge in [0.25, 0.3) is 5.91 Å². The molecule has 2 aromatic carbocycles. The fourth-order valence-corrected chi connectivity index (χ4v) is 2.67. The minimum atomic E-state index is -1.15. The van der Waals surface area contributed by atoms with E-state index in [0.29, 0.717) is 16.4 Å². The van der Waals surface area contributed by atoms with Crippen LogP contribution in [0.3, 0.4) is 0 Å². The number of hydrogen-bond donors (Lipinski definition) is 1. The lowest BCUT2D eigenvalue weighted by atomic mass is 10.1. The van der Waals surface area contributed by atoms with Crippen LogP contribution < -0.4 is 10.2 Å². The number of nitrogens with one attached hydrogen (secondary N) is 1. The number of amides is 2. The van der Waals surface area contributed by atoms with Crippen LogP contribution in [-0.2, 0) is 9.59 Å². The van der Waals surface area contributed by atoms with Crippen LogP contribution in [0.4, 0.5) is 15.8 Å². The zero-order valence-electron chi connectivity index (χ0n) is 12.6. The van der Waals surface area contributed by atoms with Crippen LogP contribution in [-0.4, -0.2) is 23.1 Å². The number of hydrogen-bond acceptors (Lipinski definition) is 4. The summed E-state index contributed by atoms with van der Waals surface area (Å²) in [6, 6.07) is 11.8. The highest BCUT2D eigenvalue weighted by atomic mass is 35.5. The Labute approximate surface area is 153 Å². The molecule has 1 heterocycles. The molecule has 1 aliphatic heterocycles. The Bertz CT molecular complexity index is 868. The van der Waals surface area contributed by atoms with Crippen molar-refractivity contribution in [1.29, 1.82) is 0 Å². The van der Waals surface area contributed by atoms with Crippen molar-refractivity contribution in [1.82, 2.24) is 5.32 Å². The summed E-state index contributed by atoms with van der Waals surface area (Å²) >= 11 is 10.9. The first-order valence-electron chi connectivity index (χ1n) is 7.20. The molecule has 0 bridgehead atoms. The average molecular weight is 376 g/mol. The Morgan fingerprint density at radius 2 is 1.76 bits per heavy atom. The summed E-state index contributed by atoms with van der Waals surface area (Å²) in [5.41, 5.74) is 0.910. The lowest BCUT2D eigenvalue weighted by molar-refractivity contribution is -0.130. The van der Waals surface area contributed by atoms with Crippen molar-refractivity contribution in [3.05, 3.63) is 59.4 Å². The predicted octanol–water partition coefficient (Wildman–Crippen LogP) is 3.25. The third-order valence-corrected chi connectivity index (χ3v) is 4.02. The lowest BCUT2D eigenvalue weighted by Crippen LogP contribution is -2.58. The maximum absolute atomic E-state index is 12.9. The summed E-state index contributed by atoms with van der Waals surface area (Å²) in [5, 5.41) is 2.98. The molecule has 1 fully saturated rings. The van der Waals surface area contributed by atoms with E-state index in [9.17, 15) is 14.0 Å². The van der Waals surface area contributed by atoms with Gasteiger partial charge < -0.3 is 5.32 Å². The maximum Gasteiger partial charge on any atom is 0.251 e. The van der Waals surface area contributed by atoms with E-state index < -0.39 is 23.5 Å². The minimum absolute atomic E-state index is 0.0104. The normalized spacial score (nSPS) is 17.9. The molecule has 1 N–H and O–H groups in total. The summed E-state index contributed by atoms with van der Waals surface area (Å²) in [7, 11) is 0. The monoisotopic (exact) mass is 375 g/mol. The third-order valence-electron chi connectivity index (χ3n) is 3.49. The Morgan fingerprint density at radius 1 is 1.12 bits per heavy atom. The molecular formula is C17H11ClFN3O2S. The van der Waals surface area contributed by atoms with Crippen molar-refractivity contribution in [3.8, 4) is 0 Å². The predicted molar refractivity (Wildman–Crippen MR) is 97.7 cm³/mol. The van der Waals surface area contributed by atoms with E-state index in [1.807, 2.05) is 0 Å². The number of nitrogens with zero attached hydrogens (tertiary/aromatic N) is 2. The highest BCUT2D eigenvalue weighted by Crippen LogP contribution is 2.23. The molecule has 1 aliphatic rings. The van der Waals surface area contributed by atoms with Gasteiger partial charge in [-0.3, -0.25) is 19.5 Å². The number of aliphatic imine (C=N–C) groups is 1. The minimum Gasteiger partial charge on any atom is -0.301 e. The van der Waals surface area contributed by atoms with E-state index in [-0.39, 0.29) is 5.11 Å². The number of anilines is 1. The molecule has 0 saturated carbocycles. The van der Waals surface area contributed by atoms with Gasteiger partial charge in [-0.15, -0.1) is 0 Å². The zero-order valence-corrected chi connectivity index (χ0v) is 14.2. The topological polar surface area (TPSA) is 61.8 Å². The molecule has 1 saturated heterocycles. The van der Waals surface area contributed by atoms with Gasteiger partial charge in [0.15, 0.2) is 11.0 Å². The van der Waals surface area contributed by atoms with Gasteiger partial charge in [-0.05, 0) is 60.7 Å². The summed E-state index contributed by atoms with van der Waals surface area (Å²) in [5.74, 6) is -2.63. The fourth-order valence-electron chi connectivity index (χ4n) is 2.24. The number of thiocarbonyl (C=S) groups is 1. The van der Waals surface area contributed by atoms with Crippen molar-refractivity contribution in [2.24, 2.45) is 10.9 Å². The first-order chi connectivity index (χ1) is 12.0. The Balaban J connectivity index is 1.87. The van der Waals surface area contributed by atoms with E-state index in [0.717, 1.165) is 0 Å². The van der Waals surface area contributed by atoms with Crippen LogP contribution in [0.25, 0.3) is 0 Å². The first kappa shape index (κ1) is 17.2. The lowest BCUT2D eigenvalue weighted by Gasteiger charge is -2.30. The van der Waals surface area contributed by atoms with Crippen LogP contribution in [0.1, 0.15) is 0 Å². The van der Waals surface area contributed by atoms with Gasteiger partial charge >= 0.3 is 0 Å². The van der Waals surface area contributed by atoms with Gasteiger partial charge in [-0.2, -0.15) is 0 Å². The van der Waals surface area contributed by atoms with Gasteiger partial charge in [-0.1, -0.05) is 11.6 Å². The largest absolute Gasteiger partial charge is 0.301 e. The summed E-state index contributed by atoms with van der Waals surface area (Å²) in [6.07, 6.45) is 1.22. The number of halogens is 2. The molecule has 1 atom stereocenters. The van der Waals surface area contributed by atoms with E-state index in [4.69, 9.17) is 23.8 Å². The van der Waals surface area contributed by atoms with Crippen LogP contribution >= 0.6 is 23.8 Å². The average Bonchev–Trinajstić information content (AvgIpc) is 2.57. The van der Waals surface area contributed by atoms with Crippen molar-refractivity contribution in [3.63, 3.8) is 0 Å². The van der Waals surface area contributed by atoms with Gasteiger partial charge in [0, 0.05) is 11.2 Å². The highest BCUT2D eigenvalue weighted by molar-refractivity contribution is 7.80. The number of carbonyl (C=O) groups excluding carboxylic acids is 2. The SMILES string of the molecule is O=C1NC(=S)N(c2ccc(Cl)cc2)C(=O)[C@@H]1C=Nc1ccc(F)cc1. The van der Waals surface area contributed by atoms with E-state index in [1.54, 1.807) is 24.3 Å². The van der Waals surface area contributed by atoms with Crippen molar-refractivity contribution < 1.29 is 14.0 Å². The van der Waals surface area contributed by atoms with E-state index in [1.165, 1.54) is 35.4 Å². The zero-order chi connectivity index (χ0) is 18.0. The Kier molecular flexibility index (Phi) is 4.87. The molecule has 0 spiro atoms. The number of carbonyl (C=O) groups is 2. The molecule has 2 amide bonds. The number of rotatable bonds is 3. The quantitative estimate of drug-likeness (QED) is 0.509.